The van der Waals surface area contributed by atoms with Crippen molar-refractivity contribution in [2.45, 2.75) is 114 Å². The second kappa shape index (κ2) is 40.4. The number of rotatable bonds is 20. The fraction of sp³-hybridized carbons (Fsp3) is 0.571. The highest BCUT2D eigenvalue weighted by molar-refractivity contribution is 9.09. The minimum absolute atomic E-state index is 0. The summed E-state index contributed by atoms with van der Waals surface area (Å²) in [6.07, 6.45) is 1.07. The van der Waals surface area contributed by atoms with E-state index in [1.165, 1.54) is 0 Å². The van der Waals surface area contributed by atoms with E-state index in [0.29, 0.717) is 67.6 Å². The summed E-state index contributed by atoms with van der Waals surface area (Å²) in [6, 6.07) is 18.3. The Morgan fingerprint density at radius 3 is 1.42 bits per heavy atom. The molecule has 62 heavy (non-hydrogen) atoms. The zero-order valence-corrected chi connectivity index (χ0v) is 37.0. The van der Waals surface area contributed by atoms with Gasteiger partial charge < -0.3 is 30.0 Å². The molecule has 20 heteroatoms. The number of carboxylic acids is 1. The van der Waals surface area contributed by atoms with Gasteiger partial charge in [-0.3, -0.25) is 14.5 Å². The molecule has 0 spiro atoms. The maximum Gasteiger partial charge on any atom is 0.407 e. The summed E-state index contributed by atoms with van der Waals surface area (Å²) < 4.78 is 14.8. The van der Waals surface area contributed by atoms with Gasteiger partial charge in [0, 0.05) is 46.4 Å². The molecule has 19 nitrogen and oxygen atoms in total. The maximum atomic E-state index is 11.6. The largest absolute Gasteiger partial charge is 0.481 e. The molecule has 0 fully saturated rings. The fourth-order valence-electron chi connectivity index (χ4n) is 4.83. The summed E-state index contributed by atoms with van der Waals surface area (Å²) in [5.74, 6) is -2.02. The summed E-state index contributed by atoms with van der Waals surface area (Å²) in [5, 5.41) is 37.1. The zero-order chi connectivity index (χ0) is 45.7. The normalized spacial score (nSPS) is 10.3. The van der Waals surface area contributed by atoms with E-state index in [1.54, 1.807) is 68.4 Å². The Morgan fingerprint density at radius 2 is 1.13 bits per heavy atom. The molecule has 344 valence electrons. The van der Waals surface area contributed by atoms with Crippen molar-refractivity contribution in [3.63, 3.8) is 0 Å². The lowest BCUT2D eigenvalue weighted by molar-refractivity contribution is -0.146. The van der Waals surface area contributed by atoms with Crippen LogP contribution in [0.2, 0.25) is 0 Å². The van der Waals surface area contributed by atoms with Gasteiger partial charge in [0.1, 0.15) is 19.3 Å². The number of hydrogen-bond acceptors (Lipinski definition) is 12. The molecule has 0 aromatic heterocycles. The second-order valence-corrected chi connectivity index (χ2v) is 13.8. The number of aliphatic carboxylic acids is 1. The zero-order valence-electron chi connectivity index (χ0n) is 35.4. The first kappa shape index (κ1) is 62.6. The van der Waals surface area contributed by atoms with Crippen LogP contribution in [0.25, 0.3) is 20.9 Å². The summed E-state index contributed by atoms with van der Waals surface area (Å²) in [5.41, 5.74) is 19.1. The van der Waals surface area contributed by atoms with Crippen molar-refractivity contribution < 1.29 is 38.5 Å². The summed E-state index contributed by atoms with van der Waals surface area (Å²) in [7, 11) is 0. The van der Waals surface area contributed by atoms with Gasteiger partial charge in [0.2, 0.25) is 0 Å². The molecular weight excluding hydrogens is 866 g/mol. The van der Waals surface area contributed by atoms with Crippen LogP contribution in [0.5, 0.6) is 0 Å². The number of ether oxygens (including phenoxy) is 3. The van der Waals surface area contributed by atoms with E-state index in [9.17, 15) is 19.2 Å². The van der Waals surface area contributed by atoms with Crippen molar-refractivity contribution in [1.82, 2.24) is 15.5 Å². The Kier molecular flexibility index (Phi) is 40.8. The van der Waals surface area contributed by atoms with E-state index in [0.717, 1.165) is 17.7 Å². The van der Waals surface area contributed by atoms with Crippen LogP contribution in [0, 0.1) is 34.5 Å². The summed E-state index contributed by atoms with van der Waals surface area (Å²) in [4.78, 5) is 52.9. The molecular formula is C42H66BrN11O8. The molecule has 0 saturated heterocycles. The number of nitrogens with zero attached hydrogens (tertiary/aromatic N) is 9. The average molecular weight is 933 g/mol. The van der Waals surface area contributed by atoms with Crippen molar-refractivity contribution in [3.8, 4) is 12.1 Å². The van der Waals surface area contributed by atoms with Crippen molar-refractivity contribution >= 4 is 51.4 Å². The monoisotopic (exact) mass is 931 g/mol. The predicted molar refractivity (Wildman–Crippen MR) is 243 cm³/mol. The molecule has 2 aromatic rings. The number of amides is 2. The molecule has 0 aliphatic rings. The molecule has 2 rings (SSSR count). The van der Waals surface area contributed by atoms with Crippen molar-refractivity contribution in [1.29, 1.82) is 10.5 Å². The van der Waals surface area contributed by atoms with Gasteiger partial charge >= 0.3 is 24.1 Å². The highest BCUT2D eigenvalue weighted by atomic mass is 79.9. The van der Waals surface area contributed by atoms with Gasteiger partial charge in [-0.15, -0.1) is 0 Å². The Labute approximate surface area is 375 Å². The lowest BCUT2D eigenvalue weighted by atomic mass is 10.1. The van der Waals surface area contributed by atoms with Gasteiger partial charge in [-0.2, -0.15) is 10.5 Å². The Morgan fingerprint density at radius 1 is 0.742 bits per heavy atom. The van der Waals surface area contributed by atoms with Crippen molar-refractivity contribution in [2.75, 3.05) is 31.6 Å². The highest BCUT2D eigenvalue weighted by Gasteiger charge is 2.14. The van der Waals surface area contributed by atoms with E-state index in [4.69, 9.17) is 40.9 Å². The quantitative estimate of drug-likeness (QED) is 0.0213. The third-order valence-corrected chi connectivity index (χ3v) is 8.20. The minimum Gasteiger partial charge on any atom is -0.481 e. The molecule has 0 bridgehead atoms. The summed E-state index contributed by atoms with van der Waals surface area (Å²) >= 11 is 2.89. The molecule has 2 atom stereocenters. The average Bonchev–Trinajstić information content (AvgIpc) is 3.23. The van der Waals surface area contributed by atoms with E-state index in [1.807, 2.05) is 6.07 Å². The number of alkyl halides is 1. The topological polar surface area (TPSA) is 289 Å². The Balaban J connectivity index is -0.000000414. The number of alkyl carbamates (subject to hydrolysis) is 2. The number of carbonyl (C=O) groups excluding carboxylic acids is 3. The molecule has 0 heterocycles. The maximum absolute atomic E-state index is 11.6. The van der Waals surface area contributed by atoms with Crippen molar-refractivity contribution in [2.24, 2.45) is 22.1 Å². The molecule has 0 aliphatic heterocycles. The van der Waals surface area contributed by atoms with Gasteiger partial charge in [-0.25, -0.2) is 9.59 Å². The Bertz CT molecular complexity index is 1710. The van der Waals surface area contributed by atoms with Gasteiger partial charge in [-0.1, -0.05) is 110 Å². The van der Waals surface area contributed by atoms with Gasteiger partial charge in [0.25, 0.3) is 0 Å². The number of benzene rings is 2. The first-order valence-corrected chi connectivity index (χ1v) is 20.3. The lowest BCUT2D eigenvalue weighted by Gasteiger charge is -2.28. The smallest absolute Gasteiger partial charge is 0.407 e. The van der Waals surface area contributed by atoms with Crippen LogP contribution in [0.1, 0.15) is 100 Å². The molecule has 2 amide bonds. The summed E-state index contributed by atoms with van der Waals surface area (Å²) in [6.45, 7) is 16.3. The Hall–Kier alpha value is -6.04. The number of carbonyl (C=O) groups is 4. The lowest BCUT2D eigenvalue weighted by Crippen LogP contribution is -2.36. The van der Waals surface area contributed by atoms with E-state index < -0.39 is 30.0 Å². The predicted octanol–water partition coefficient (Wildman–Crippen LogP) is 11.0. The standard InChI is InChI=1S/C16H19N5O4.C14H18N4O4.C8H19N.C2H2BrN.2CH4/c1-12(15(22)24-10-8-17)3-2-9-19-16(23)25-11-13-4-6-14(7-5-13)20-21-18;1-10(13(19)20)3-2-8-16-14(21)22-9-11-4-6-12(7-5-11)17-18-15;1-6-9(7(2)3)8(4)5;3-1-2-4;;/h4-7,12H,2-3,9-11H2,1H3,(H,19,23);4-7,10H,2-3,8-9H2,1H3,(H,16,21)(H,19,20);7-8H,6H2,1-5H3;1H2;2*1H4/t12-;10-;;;;/m00..../s1. The first-order chi connectivity index (χ1) is 28.6. The first-order valence-electron chi connectivity index (χ1n) is 19.1. The van der Waals surface area contributed by atoms with Gasteiger partial charge in [0.05, 0.1) is 23.2 Å². The fourth-order valence-corrected chi connectivity index (χ4v) is 4.83. The molecule has 2 aromatic carbocycles. The van der Waals surface area contributed by atoms with Crippen LogP contribution >= 0.6 is 15.9 Å². The van der Waals surface area contributed by atoms with Crippen LogP contribution in [-0.2, 0) is 37.0 Å². The van der Waals surface area contributed by atoms with Crippen LogP contribution in [0.3, 0.4) is 0 Å². The number of halogens is 1. The second-order valence-electron chi connectivity index (χ2n) is 13.2. The van der Waals surface area contributed by atoms with Crippen molar-refractivity contribution in [3.05, 3.63) is 80.5 Å². The van der Waals surface area contributed by atoms with E-state index >= 15 is 0 Å². The highest BCUT2D eigenvalue weighted by Crippen LogP contribution is 2.15. The van der Waals surface area contributed by atoms with E-state index in [-0.39, 0.29) is 40.6 Å². The van der Waals surface area contributed by atoms with Gasteiger partial charge in [0.15, 0.2) is 6.61 Å². The number of nitriles is 2. The van der Waals surface area contributed by atoms with E-state index in [2.05, 4.69) is 86.1 Å². The molecule has 0 unspecified atom stereocenters. The third kappa shape index (κ3) is 33.8. The minimum atomic E-state index is -0.841. The molecule has 3 N–H and O–H groups in total. The third-order valence-electron chi connectivity index (χ3n) is 7.95. The number of nitrogens with one attached hydrogen (secondary N) is 2. The SMILES string of the molecule is C.C.CCN(C(C)C)C(C)C.C[C@@H](CCCNC(=O)OCc1ccc(N=[N+]=[N-])cc1)C(=O)O.C[C@@H](CCCNC(=O)OCc1ccc(N=[N+]=[N-])cc1)C(=O)OCC#N.N#CCBr. The van der Waals surface area contributed by atoms with Gasteiger partial charge in [-0.05, 0) is 82.1 Å². The number of azide groups is 2. The number of carboxylic acid groups (broad SMARTS) is 1. The van der Waals surface area contributed by atoms with Crippen LogP contribution in [0.4, 0.5) is 21.0 Å². The molecule has 0 aliphatic carbocycles. The number of esters is 1. The van der Waals surface area contributed by atoms with Crippen LogP contribution in [-0.4, -0.2) is 77.8 Å². The molecule has 0 radical (unpaired) electrons. The molecule has 0 saturated carbocycles. The van der Waals surface area contributed by atoms with Crippen LogP contribution < -0.4 is 10.6 Å². The number of hydrogen-bond donors (Lipinski definition) is 3. The van der Waals surface area contributed by atoms with Crippen LogP contribution in [0.15, 0.2) is 58.8 Å².